The maximum Gasteiger partial charge on any atom is 0.321 e. The average molecular weight is 265 g/mol. The molecule has 3 N–H and O–H groups in total. The molecule has 4 amide bonds. The Kier molecular flexibility index (Phi) is 3.64. The first-order valence-electron chi connectivity index (χ1n) is 6.04. The summed E-state index contributed by atoms with van der Waals surface area (Å²) in [7, 11) is 0. The normalized spacial score (nSPS) is 29.0. The molecule has 2 rings (SSSR count). The molecule has 1 aliphatic carbocycles. The number of ketones is 1. The number of imide groups is 1. The summed E-state index contributed by atoms with van der Waals surface area (Å²) in [4.78, 5) is 45.1. The number of amides is 4. The van der Waals surface area contributed by atoms with Gasteiger partial charge in [-0.05, 0) is 13.3 Å². The predicted molar refractivity (Wildman–Crippen MR) is 64.9 cm³/mol. The van der Waals surface area contributed by atoms with Crippen LogP contribution in [-0.4, -0.2) is 35.7 Å². The maximum atomic E-state index is 11.7. The van der Waals surface area contributed by atoms with E-state index in [9.17, 15) is 19.2 Å². The van der Waals surface area contributed by atoms with Gasteiger partial charge in [0.05, 0.1) is 18.4 Å². The zero-order valence-electron chi connectivity index (χ0n) is 10.4. The zero-order valence-corrected chi connectivity index (χ0v) is 10.4. The van der Waals surface area contributed by atoms with Crippen LogP contribution in [0.1, 0.15) is 19.8 Å². The van der Waals surface area contributed by atoms with Crippen molar-refractivity contribution in [2.45, 2.75) is 31.8 Å². The van der Waals surface area contributed by atoms with Crippen molar-refractivity contribution >= 4 is 23.6 Å². The molecule has 0 aromatic carbocycles. The van der Waals surface area contributed by atoms with Crippen LogP contribution >= 0.6 is 0 Å². The first-order valence-corrected chi connectivity index (χ1v) is 6.04. The second-order valence-electron chi connectivity index (χ2n) is 4.77. The lowest BCUT2D eigenvalue weighted by molar-refractivity contribution is -0.129. The standard InChI is InChI=1S/C12H15N3O4/c1-6(16)4-10(17)13-7-2-3-9-8(5-7)11(18)15-12(19)14-9/h2-3,7-9H,4-5H2,1H3,(H,13,17)(H2,14,15,18,19). The number of rotatable bonds is 3. The van der Waals surface area contributed by atoms with Crippen molar-refractivity contribution in [2.24, 2.45) is 5.92 Å². The maximum absolute atomic E-state index is 11.7. The van der Waals surface area contributed by atoms with Crippen molar-refractivity contribution in [2.75, 3.05) is 0 Å². The van der Waals surface area contributed by atoms with Gasteiger partial charge in [-0.3, -0.25) is 19.7 Å². The number of fused-ring (bicyclic) bond motifs is 1. The summed E-state index contributed by atoms with van der Waals surface area (Å²) in [6.07, 6.45) is 3.67. The molecule has 19 heavy (non-hydrogen) atoms. The van der Waals surface area contributed by atoms with Crippen LogP contribution in [0.4, 0.5) is 4.79 Å². The molecule has 0 spiro atoms. The molecule has 1 aliphatic heterocycles. The minimum absolute atomic E-state index is 0.165. The average Bonchev–Trinajstić information content (AvgIpc) is 2.28. The molecule has 1 saturated heterocycles. The van der Waals surface area contributed by atoms with Gasteiger partial charge in [-0.15, -0.1) is 0 Å². The van der Waals surface area contributed by atoms with E-state index < -0.39 is 11.9 Å². The van der Waals surface area contributed by atoms with Crippen LogP contribution < -0.4 is 16.0 Å². The van der Waals surface area contributed by atoms with E-state index in [0.717, 1.165) is 0 Å². The molecule has 3 unspecified atom stereocenters. The van der Waals surface area contributed by atoms with E-state index in [4.69, 9.17) is 0 Å². The number of carbonyl (C=O) groups excluding carboxylic acids is 4. The van der Waals surface area contributed by atoms with Crippen molar-refractivity contribution in [1.82, 2.24) is 16.0 Å². The van der Waals surface area contributed by atoms with Crippen molar-refractivity contribution < 1.29 is 19.2 Å². The highest BCUT2D eigenvalue weighted by atomic mass is 16.2. The van der Waals surface area contributed by atoms with Gasteiger partial charge >= 0.3 is 6.03 Å². The Morgan fingerprint density at radius 3 is 2.79 bits per heavy atom. The van der Waals surface area contributed by atoms with E-state index in [-0.39, 0.29) is 36.1 Å². The van der Waals surface area contributed by atoms with Gasteiger partial charge in [0.15, 0.2) is 0 Å². The minimum atomic E-state index is -0.505. The predicted octanol–water partition coefficient (Wildman–Crippen LogP) is -0.766. The van der Waals surface area contributed by atoms with Gasteiger partial charge in [0.1, 0.15) is 5.78 Å². The topological polar surface area (TPSA) is 104 Å². The van der Waals surface area contributed by atoms with Crippen molar-refractivity contribution in [3.8, 4) is 0 Å². The summed E-state index contributed by atoms with van der Waals surface area (Å²) in [6.45, 7) is 1.34. The van der Waals surface area contributed by atoms with E-state index in [0.29, 0.717) is 6.42 Å². The Bertz CT molecular complexity index is 472. The Morgan fingerprint density at radius 2 is 2.11 bits per heavy atom. The molecular weight excluding hydrogens is 250 g/mol. The van der Waals surface area contributed by atoms with E-state index in [1.54, 1.807) is 12.2 Å². The third-order valence-corrected chi connectivity index (χ3v) is 3.12. The molecule has 1 heterocycles. The van der Waals surface area contributed by atoms with Crippen molar-refractivity contribution in [3.63, 3.8) is 0 Å². The number of nitrogens with one attached hydrogen (secondary N) is 3. The molecule has 1 fully saturated rings. The summed E-state index contributed by atoms with van der Waals surface area (Å²) in [6, 6.07) is -1.13. The highest BCUT2D eigenvalue weighted by molar-refractivity contribution is 5.99. The van der Waals surface area contributed by atoms with Crippen LogP contribution in [0.3, 0.4) is 0 Å². The van der Waals surface area contributed by atoms with Gasteiger partial charge < -0.3 is 10.6 Å². The molecule has 2 aliphatic rings. The molecule has 0 aromatic heterocycles. The third kappa shape index (κ3) is 3.18. The van der Waals surface area contributed by atoms with Crippen LogP contribution in [-0.2, 0) is 14.4 Å². The molecule has 0 saturated carbocycles. The third-order valence-electron chi connectivity index (χ3n) is 3.12. The Balaban J connectivity index is 1.98. The summed E-state index contributed by atoms with van der Waals surface area (Å²) in [5, 5.41) is 7.50. The first kappa shape index (κ1) is 13.3. The molecule has 0 radical (unpaired) electrons. The van der Waals surface area contributed by atoms with E-state index >= 15 is 0 Å². The first-order chi connectivity index (χ1) is 8.95. The highest BCUT2D eigenvalue weighted by Crippen LogP contribution is 2.22. The molecule has 0 aromatic rings. The Morgan fingerprint density at radius 1 is 1.37 bits per heavy atom. The number of hydrogen-bond donors (Lipinski definition) is 3. The highest BCUT2D eigenvalue weighted by Gasteiger charge is 2.37. The van der Waals surface area contributed by atoms with Crippen molar-refractivity contribution in [1.29, 1.82) is 0 Å². The molecular formula is C12H15N3O4. The van der Waals surface area contributed by atoms with Gasteiger partial charge in [-0.1, -0.05) is 12.2 Å². The van der Waals surface area contributed by atoms with Crippen LogP contribution in [0, 0.1) is 5.92 Å². The van der Waals surface area contributed by atoms with Gasteiger partial charge in [0.25, 0.3) is 0 Å². The monoisotopic (exact) mass is 265 g/mol. The fourth-order valence-electron chi connectivity index (χ4n) is 2.29. The summed E-state index contributed by atoms with van der Waals surface area (Å²) < 4.78 is 0. The van der Waals surface area contributed by atoms with Crippen LogP contribution in [0.25, 0.3) is 0 Å². The zero-order chi connectivity index (χ0) is 14.0. The van der Waals surface area contributed by atoms with E-state index in [2.05, 4.69) is 16.0 Å². The quantitative estimate of drug-likeness (QED) is 0.460. The van der Waals surface area contributed by atoms with E-state index in [1.165, 1.54) is 6.92 Å². The van der Waals surface area contributed by atoms with Gasteiger partial charge in [0.2, 0.25) is 11.8 Å². The fraction of sp³-hybridized carbons (Fsp3) is 0.500. The van der Waals surface area contributed by atoms with E-state index in [1.807, 2.05) is 0 Å². The lowest BCUT2D eigenvalue weighted by Crippen LogP contribution is -2.60. The van der Waals surface area contributed by atoms with Gasteiger partial charge in [-0.25, -0.2) is 4.79 Å². The molecule has 7 heteroatoms. The number of Topliss-reactive ketones (excluding diaryl/α,β-unsaturated/α-hetero) is 1. The van der Waals surface area contributed by atoms with Gasteiger partial charge in [-0.2, -0.15) is 0 Å². The molecule has 7 nitrogen and oxygen atoms in total. The molecule has 0 bridgehead atoms. The molecule has 3 atom stereocenters. The SMILES string of the molecule is CC(=O)CC(=O)NC1C=CC2NC(=O)NC(=O)C2C1. The lowest BCUT2D eigenvalue weighted by Gasteiger charge is -2.34. The summed E-state index contributed by atoms with van der Waals surface area (Å²) in [5.74, 6) is -1.31. The molecule has 102 valence electrons. The van der Waals surface area contributed by atoms with Crippen molar-refractivity contribution in [3.05, 3.63) is 12.2 Å². The lowest BCUT2D eigenvalue weighted by atomic mass is 9.85. The number of carbonyl (C=O) groups is 4. The number of hydrogen-bond acceptors (Lipinski definition) is 4. The largest absolute Gasteiger partial charge is 0.350 e. The minimum Gasteiger partial charge on any atom is -0.350 e. The Labute approximate surface area is 109 Å². The van der Waals surface area contributed by atoms with Gasteiger partial charge in [0, 0.05) is 6.04 Å². The second kappa shape index (κ2) is 5.21. The summed E-state index contributed by atoms with van der Waals surface area (Å²) >= 11 is 0. The Hall–Kier alpha value is -2.18. The fourth-order valence-corrected chi connectivity index (χ4v) is 2.29. The summed E-state index contributed by atoms with van der Waals surface area (Å²) in [5.41, 5.74) is 0. The van der Waals surface area contributed by atoms with Crippen LogP contribution in [0.15, 0.2) is 12.2 Å². The second-order valence-corrected chi connectivity index (χ2v) is 4.77. The van der Waals surface area contributed by atoms with Crippen LogP contribution in [0.5, 0.6) is 0 Å². The van der Waals surface area contributed by atoms with Crippen LogP contribution in [0.2, 0.25) is 0 Å². The smallest absolute Gasteiger partial charge is 0.321 e. The number of urea groups is 1.